The van der Waals surface area contributed by atoms with Crippen molar-refractivity contribution in [3.05, 3.63) is 40.7 Å². The van der Waals surface area contributed by atoms with Crippen molar-refractivity contribution in [1.29, 1.82) is 0 Å². The van der Waals surface area contributed by atoms with Crippen LogP contribution in [0.25, 0.3) is 5.69 Å². The van der Waals surface area contributed by atoms with Gasteiger partial charge in [0.1, 0.15) is 5.69 Å². The van der Waals surface area contributed by atoms with Gasteiger partial charge in [0.25, 0.3) is 0 Å². The number of benzene rings is 1. The monoisotopic (exact) mass is 269 g/mol. The highest BCUT2D eigenvalue weighted by Gasteiger charge is 2.11. The first kappa shape index (κ1) is 12.4. The fourth-order valence-electron chi connectivity index (χ4n) is 1.48. The first-order chi connectivity index (χ1) is 8.11. The molecule has 0 bridgehead atoms. The van der Waals surface area contributed by atoms with E-state index in [4.69, 9.17) is 23.2 Å². The summed E-state index contributed by atoms with van der Waals surface area (Å²) < 4.78 is 1.69. The summed E-state index contributed by atoms with van der Waals surface area (Å²) in [4.78, 5) is 0. The highest BCUT2D eigenvalue weighted by molar-refractivity contribution is 6.31. The van der Waals surface area contributed by atoms with Crippen LogP contribution in [-0.2, 0) is 0 Å². The minimum Gasteiger partial charge on any atom is -0.220 e. The quantitative estimate of drug-likeness (QED) is 0.791. The first-order valence-corrected chi connectivity index (χ1v) is 6.26. The normalized spacial score (nSPS) is 12.7. The summed E-state index contributed by atoms with van der Waals surface area (Å²) in [6.07, 6.45) is 2.66. The smallest absolute Gasteiger partial charge is 0.101 e. The predicted molar refractivity (Wildman–Crippen MR) is 70.0 cm³/mol. The molecule has 1 aromatic heterocycles. The number of hydrogen-bond donors (Lipinski definition) is 0. The van der Waals surface area contributed by atoms with Crippen LogP contribution in [0.2, 0.25) is 5.02 Å². The molecule has 0 aliphatic heterocycles. The lowest BCUT2D eigenvalue weighted by Gasteiger charge is -2.03. The van der Waals surface area contributed by atoms with Gasteiger partial charge in [0, 0.05) is 5.02 Å². The minimum absolute atomic E-state index is 0.0929. The molecule has 0 aliphatic carbocycles. The van der Waals surface area contributed by atoms with Crippen molar-refractivity contribution >= 4 is 23.2 Å². The molecule has 1 atom stereocenters. The summed E-state index contributed by atoms with van der Waals surface area (Å²) in [6, 6.07) is 5.77. The lowest BCUT2D eigenvalue weighted by Crippen LogP contribution is -1.95. The summed E-state index contributed by atoms with van der Waals surface area (Å²) in [6.45, 7) is 3.98. The van der Waals surface area contributed by atoms with Gasteiger partial charge in [0.15, 0.2) is 0 Å². The molecule has 0 N–H and O–H groups in total. The van der Waals surface area contributed by atoms with Gasteiger partial charge in [-0.15, -0.1) is 16.7 Å². The summed E-state index contributed by atoms with van der Waals surface area (Å²) in [5, 5.41) is 8.73. The third kappa shape index (κ3) is 2.61. The molecule has 0 aliphatic rings. The minimum atomic E-state index is -0.0929. The van der Waals surface area contributed by atoms with Crippen LogP contribution in [0, 0.1) is 6.92 Å². The number of alkyl halides is 1. The highest BCUT2D eigenvalue weighted by atomic mass is 35.5. The zero-order valence-corrected chi connectivity index (χ0v) is 11.2. The molecule has 0 fully saturated rings. The number of aromatic nitrogens is 3. The van der Waals surface area contributed by atoms with Gasteiger partial charge in [-0.3, -0.25) is 0 Å². The van der Waals surface area contributed by atoms with E-state index < -0.39 is 0 Å². The molecule has 2 rings (SSSR count). The molecule has 90 valence electrons. The summed E-state index contributed by atoms with van der Waals surface area (Å²) in [7, 11) is 0. The van der Waals surface area contributed by atoms with E-state index >= 15 is 0 Å². The van der Waals surface area contributed by atoms with Crippen LogP contribution in [0.15, 0.2) is 24.4 Å². The van der Waals surface area contributed by atoms with Crippen molar-refractivity contribution in [3.63, 3.8) is 0 Å². The van der Waals surface area contributed by atoms with Gasteiger partial charge in [-0.1, -0.05) is 29.8 Å². The SMILES string of the molecule is CCC(Cl)c1cn(-c2ccc(C)c(Cl)c2)nn1. The fourth-order valence-corrected chi connectivity index (χ4v) is 1.75. The molecule has 1 aromatic carbocycles. The second-order valence-electron chi connectivity index (χ2n) is 3.90. The maximum Gasteiger partial charge on any atom is 0.101 e. The Kier molecular flexibility index (Phi) is 3.69. The second kappa shape index (κ2) is 5.07. The molecule has 0 amide bonds. The standard InChI is InChI=1S/C12H13Cl2N3/c1-3-10(13)12-7-17(16-15-12)9-5-4-8(2)11(14)6-9/h4-7,10H,3H2,1-2H3. The zero-order chi connectivity index (χ0) is 12.4. The highest BCUT2D eigenvalue weighted by Crippen LogP contribution is 2.23. The van der Waals surface area contributed by atoms with Crippen LogP contribution in [0.4, 0.5) is 0 Å². The molecule has 5 heteroatoms. The Balaban J connectivity index is 2.33. The van der Waals surface area contributed by atoms with Gasteiger partial charge in [-0.2, -0.15) is 0 Å². The Morgan fingerprint density at radius 3 is 2.82 bits per heavy atom. The molecule has 0 spiro atoms. The zero-order valence-electron chi connectivity index (χ0n) is 9.69. The van der Waals surface area contributed by atoms with Crippen LogP contribution in [-0.4, -0.2) is 15.0 Å². The van der Waals surface area contributed by atoms with E-state index in [-0.39, 0.29) is 5.38 Å². The van der Waals surface area contributed by atoms with E-state index in [1.54, 1.807) is 4.68 Å². The van der Waals surface area contributed by atoms with Crippen molar-refractivity contribution in [2.75, 3.05) is 0 Å². The summed E-state index contributed by atoms with van der Waals surface area (Å²) in [5.74, 6) is 0. The van der Waals surface area contributed by atoms with Crippen LogP contribution < -0.4 is 0 Å². The summed E-state index contributed by atoms with van der Waals surface area (Å²) in [5.41, 5.74) is 2.71. The molecular weight excluding hydrogens is 257 g/mol. The van der Waals surface area contributed by atoms with E-state index in [0.717, 1.165) is 28.4 Å². The number of hydrogen-bond acceptors (Lipinski definition) is 2. The number of rotatable bonds is 3. The molecule has 0 saturated carbocycles. The molecule has 0 saturated heterocycles. The Morgan fingerprint density at radius 2 is 2.18 bits per heavy atom. The van der Waals surface area contributed by atoms with Gasteiger partial charge in [-0.25, -0.2) is 4.68 Å². The topological polar surface area (TPSA) is 30.7 Å². The molecule has 2 aromatic rings. The van der Waals surface area contributed by atoms with E-state index in [9.17, 15) is 0 Å². The van der Waals surface area contributed by atoms with Crippen molar-refractivity contribution in [2.24, 2.45) is 0 Å². The maximum atomic E-state index is 6.11. The molecule has 1 heterocycles. The molecule has 3 nitrogen and oxygen atoms in total. The molecule has 0 radical (unpaired) electrons. The van der Waals surface area contributed by atoms with E-state index in [1.807, 2.05) is 38.2 Å². The first-order valence-electron chi connectivity index (χ1n) is 5.44. The van der Waals surface area contributed by atoms with E-state index in [2.05, 4.69) is 10.3 Å². The van der Waals surface area contributed by atoms with Crippen LogP contribution >= 0.6 is 23.2 Å². The van der Waals surface area contributed by atoms with Crippen molar-refractivity contribution in [1.82, 2.24) is 15.0 Å². The predicted octanol–water partition coefficient (Wildman–Crippen LogP) is 3.92. The largest absolute Gasteiger partial charge is 0.220 e. The number of aryl methyl sites for hydroxylation is 1. The Bertz CT molecular complexity index is 522. The van der Waals surface area contributed by atoms with E-state index in [1.165, 1.54) is 0 Å². The van der Waals surface area contributed by atoms with Gasteiger partial charge in [-0.05, 0) is 31.0 Å². The van der Waals surface area contributed by atoms with E-state index in [0.29, 0.717) is 0 Å². The third-order valence-corrected chi connectivity index (χ3v) is 3.55. The van der Waals surface area contributed by atoms with Gasteiger partial charge >= 0.3 is 0 Å². The fraction of sp³-hybridized carbons (Fsp3) is 0.333. The van der Waals surface area contributed by atoms with Gasteiger partial charge in [0.05, 0.1) is 17.3 Å². The van der Waals surface area contributed by atoms with Crippen LogP contribution in [0.5, 0.6) is 0 Å². The van der Waals surface area contributed by atoms with Gasteiger partial charge in [0.2, 0.25) is 0 Å². The average molecular weight is 270 g/mol. The third-order valence-electron chi connectivity index (χ3n) is 2.61. The lowest BCUT2D eigenvalue weighted by atomic mass is 10.2. The van der Waals surface area contributed by atoms with Crippen molar-refractivity contribution < 1.29 is 0 Å². The van der Waals surface area contributed by atoms with Gasteiger partial charge < -0.3 is 0 Å². The Labute approximate surface area is 110 Å². The lowest BCUT2D eigenvalue weighted by molar-refractivity contribution is 0.785. The maximum absolute atomic E-state index is 6.11. The Morgan fingerprint density at radius 1 is 1.41 bits per heavy atom. The number of nitrogens with zero attached hydrogens (tertiary/aromatic N) is 3. The van der Waals surface area contributed by atoms with Crippen LogP contribution in [0.3, 0.4) is 0 Å². The molecular formula is C12H13Cl2N3. The molecule has 17 heavy (non-hydrogen) atoms. The summed E-state index contributed by atoms with van der Waals surface area (Å²) >= 11 is 12.2. The number of halogens is 2. The second-order valence-corrected chi connectivity index (χ2v) is 4.83. The van der Waals surface area contributed by atoms with Crippen molar-refractivity contribution in [2.45, 2.75) is 25.6 Å². The Hall–Kier alpha value is -1.06. The van der Waals surface area contributed by atoms with Crippen LogP contribution in [0.1, 0.15) is 30.0 Å². The molecule has 1 unspecified atom stereocenters. The average Bonchev–Trinajstić information content (AvgIpc) is 2.81. The van der Waals surface area contributed by atoms with Crippen molar-refractivity contribution in [3.8, 4) is 5.69 Å².